The Morgan fingerprint density at radius 3 is 2.35 bits per heavy atom. The lowest BCUT2D eigenvalue weighted by atomic mass is 10.0. The number of anilines is 1. The van der Waals surface area contributed by atoms with E-state index in [0.29, 0.717) is 11.4 Å². The van der Waals surface area contributed by atoms with Crippen molar-refractivity contribution in [2.45, 2.75) is 46.6 Å². The molecule has 94 valence electrons. The first-order chi connectivity index (χ1) is 8.01. The molecular formula is C12H21N5. The highest BCUT2D eigenvalue weighted by Crippen LogP contribution is 2.20. The molecule has 1 heterocycles. The van der Waals surface area contributed by atoms with E-state index in [1.54, 1.807) is 0 Å². The molecule has 0 amide bonds. The van der Waals surface area contributed by atoms with Crippen LogP contribution in [0.1, 0.15) is 44.5 Å². The van der Waals surface area contributed by atoms with Crippen LogP contribution in [0, 0.1) is 5.41 Å². The maximum absolute atomic E-state index is 7.71. The van der Waals surface area contributed by atoms with Crippen LogP contribution in [-0.2, 0) is 12.8 Å². The first-order valence-corrected chi connectivity index (χ1v) is 6.00. The second kappa shape index (κ2) is 5.61. The third-order valence-corrected chi connectivity index (χ3v) is 2.54. The highest BCUT2D eigenvalue weighted by atomic mass is 15.2. The second-order valence-corrected chi connectivity index (χ2v) is 4.27. The maximum atomic E-state index is 7.71. The van der Waals surface area contributed by atoms with E-state index in [1.807, 2.05) is 27.7 Å². The number of nitrogen functional groups attached to an aromatic ring is 1. The molecule has 1 aromatic rings. The van der Waals surface area contributed by atoms with E-state index in [0.717, 1.165) is 24.1 Å². The van der Waals surface area contributed by atoms with Gasteiger partial charge in [0.15, 0.2) is 5.82 Å². The molecule has 0 aliphatic heterocycles. The Labute approximate surface area is 102 Å². The van der Waals surface area contributed by atoms with Gasteiger partial charge in [-0.3, -0.25) is 5.41 Å². The lowest BCUT2D eigenvalue weighted by molar-refractivity contribution is 0.837. The highest BCUT2D eigenvalue weighted by molar-refractivity contribution is 6.01. The van der Waals surface area contributed by atoms with Crippen LogP contribution >= 0.6 is 0 Å². The lowest BCUT2D eigenvalue weighted by Crippen LogP contribution is -2.22. The van der Waals surface area contributed by atoms with Crippen molar-refractivity contribution in [2.75, 3.05) is 5.32 Å². The van der Waals surface area contributed by atoms with Gasteiger partial charge in [-0.15, -0.1) is 5.10 Å². The molecule has 17 heavy (non-hydrogen) atoms. The first-order valence-electron chi connectivity index (χ1n) is 6.00. The van der Waals surface area contributed by atoms with Gasteiger partial charge in [-0.2, -0.15) is 5.10 Å². The van der Waals surface area contributed by atoms with Crippen LogP contribution in [0.3, 0.4) is 0 Å². The number of rotatable bonds is 5. The molecule has 0 radical (unpaired) electrons. The molecule has 5 heteroatoms. The van der Waals surface area contributed by atoms with Gasteiger partial charge in [0.1, 0.15) is 5.84 Å². The van der Waals surface area contributed by atoms with E-state index >= 15 is 0 Å². The molecule has 0 bridgehead atoms. The van der Waals surface area contributed by atoms with Crippen molar-refractivity contribution in [3.05, 3.63) is 16.8 Å². The Hall–Kier alpha value is -1.65. The summed E-state index contributed by atoms with van der Waals surface area (Å²) in [6.07, 6.45) is 1.61. The molecule has 0 fully saturated rings. The number of hydrogen-bond donors (Lipinski definition) is 3. The summed E-state index contributed by atoms with van der Waals surface area (Å²) < 4.78 is 0. The Morgan fingerprint density at radius 2 is 1.94 bits per heavy atom. The standard InChI is InChI=1S/C12H21N5/c1-5-8-9(6-2)16-17-12(15-7(3)4)10(8)11(13)14/h7H,5-6H2,1-4H3,(H3,13,14)(H,15,17). The molecule has 1 aromatic heterocycles. The average Bonchev–Trinajstić information content (AvgIpc) is 2.26. The van der Waals surface area contributed by atoms with E-state index < -0.39 is 0 Å². The molecule has 0 unspecified atom stereocenters. The van der Waals surface area contributed by atoms with Gasteiger partial charge in [0.25, 0.3) is 0 Å². The van der Waals surface area contributed by atoms with E-state index in [4.69, 9.17) is 11.1 Å². The van der Waals surface area contributed by atoms with Gasteiger partial charge in [-0.25, -0.2) is 0 Å². The molecule has 5 nitrogen and oxygen atoms in total. The number of nitrogens with zero attached hydrogens (tertiary/aromatic N) is 2. The van der Waals surface area contributed by atoms with E-state index in [1.165, 1.54) is 0 Å². The third kappa shape index (κ3) is 2.93. The number of nitrogens with two attached hydrogens (primary N) is 1. The van der Waals surface area contributed by atoms with Crippen molar-refractivity contribution >= 4 is 11.7 Å². The van der Waals surface area contributed by atoms with Crippen molar-refractivity contribution in [3.8, 4) is 0 Å². The minimum Gasteiger partial charge on any atom is -0.384 e. The fourth-order valence-corrected chi connectivity index (χ4v) is 1.84. The zero-order valence-electron chi connectivity index (χ0n) is 11.0. The summed E-state index contributed by atoms with van der Waals surface area (Å²) in [5.74, 6) is 0.663. The van der Waals surface area contributed by atoms with Crippen molar-refractivity contribution in [2.24, 2.45) is 5.73 Å². The number of hydrogen-bond acceptors (Lipinski definition) is 4. The summed E-state index contributed by atoms with van der Waals surface area (Å²) in [6, 6.07) is 0.236. The summed E-state index contributed by atoms with van der Waals surface area (Å²) in [7, 11) is 0. The number of amidine groups is 1. The molecule has 0 saturated carbocycles. The molecule has 0 aromatic carbocycles. The molecule has 0 spiro atoms. The normalized spacial score (nSPS) is 10.6. The average molecular weight is 235 g/mol. The lowest BCUT2D eigenvalue weighted by Gasteiger charge is -2.17. The molecule has 0 atom stereocenters. The number of aryl methyl sites for hydroxylation is 1. The maximum Gasteiger partial charge on any atom is 0.160 e. The van der Waals surface area contributed by atoms with Gasteiger partial charge in [0.05, 0.1) is 11.3 Å². The molecule has 4 N–H and O–H groups in total. The smallest absolute Gasteiger partial charge is 0.160 e. The molecular weight excluding hydrogens is 214 g/mol. The Kier molecular flexibility index (Phi) is 4.43. The summed E-state index contributed by atoms with van der Waals surface area (Å²) in [6.45, 7) is 8.11. The molecule has 0 saturated heterocycles. The Balaban J connectivity index is 3.36. The van der Waals surface area contributed by atoms with Crippen LogP contribution in [-0.4, -0.2) is 22.1 Å². The van der Waals surface area contributed by atoms with Crippen molar-refractivity contribution in [1.29, 1.82) is 5.41 Å². The van der Waals surface area contributed by atoms with Crippen molar-refractivity contribution in [1.82, 2.24) is 10.2 Å². The van der Waals surface area contributed by atoms with E-state index in [9.17, 15) is 0 Å². The topological polar surface area (TPSA) is 87.7 Å². The van der Waals surface area contributed by atoms with Gasteiger partial charge in [0.2, 0.25) is 0 Å². The van der Waals surface area contributed by atoms with Crippen LogP contribution in [0.5, 0.6) is 0 Å². The van der Waals surface area contributed by atoms with Crippen molar-refractivity contribution in [3.63, 3.8) is 0 Å². The summed E-state index contributed by atoms with van der Waals surface area (Å²) in [4.78, 5) is 0. The Bertz CT molecular complexity index is 412. The quantitative estimate of drug-likeness (QED) is 0.535. The van der Waals surface area contributed by atoms with Crippen LogP contribution in [0.15, 0.2) is 0 Å². The predicted molar refractivity (Wildman–Crippen MR) is 70.6 cm³/mol. The SMILES string of the molecule is CCc1nnc(NC(C)C)c(C(=N)N)c1CC. The largest absolute Gasteiger partial charge is 0.384 e. The second-order valence-electron chi connectivity index (χ2n) is 4.27. The van der Waals surface area contributed by atoms with Crippen LogP contribution in [0.25, 0.3) is 0 Å². The van der Waals surface area contributed by atoms with Gasteiger partial charge in [0, 0.05) is 6.04 Å². The van der Waals surface area contributed by atoms with Gasteiger partial charge in [-0.05, 0) is 32.3 Å². The Morgan fingerprint density at radius 1 is 1.29 bits per heavy atom. The van der Waals surface area contributed by atoms with Crippen LogP contribution in [0.2, 0.25) is 0 Å². The summed E-state index contributed by atoms with van der Waals surface area (Å²) in [5.41, 5.74) is 8.32. The summed E-state index contributed by atoms with van der Waals surface area (Å²) in [5, 5.41) is 19.2. The predicted octanol–water partition coefficient (Wildman–Crippen LogP) is 1.71. The molecule has 1 rings (SSSR count). The van der Waals surface area contributed by atoms with Crippen LogP contribution in [0.4, 0.5) is 5.82 Å². The third-order valence-electron chi connectivity index (χ3n) is 2.54. The highest BCUT2D eigenvalue weighted by Gasteiger charge is 2.16. The minimum atomic E-state index is 0.0506. The van der Waals surface area contributed by atoms with Crippen molar-refractivity contribution < 1.29 is 0 Å². The zero-order chi connectivity index (χ0) is 13.0. The molecule has 0 aliphatic carbocycles. The van der Waals surface area contributed by atoms with Crippen LogP contribution < -0.4 is 11.1 Å². The number of nitrogens with one attached hydrogen (secondary N) is 2. The van der Waals surface area contributed by atoms with Gasteiger partial charge < -0.3 is 11.1 Å². The molecule has 0 aliphatic rings. The minimum absolute atomic E-state index is 0.0506. The first kappa shape index (κ1) is 13.4. The number of aromatic nitrogens is 2. The van der Waals surface area contributed by atoms with Gasteiger partial charge in [-0.1, -0.05) is 13.8 Å². The van der Waals surface area contributed by atoms with E-state index in [-0.39, 0.29) is 11.9 Å². The van der Waals surface area contributed by atoms with E-state index in [2.05, 4.69) is 15.5 Å². The monoisotopic (exact) mass is 235 g/mol. The fraction of sp³-hybridized carbons (Fsp3) is 0.583. The van der Waals surface area contributed by atoms with Gasteiger partial charge >= 0.3 is 0 Å². The summed E-state index contributed by atoms with van der Waals surface area (Å²) >= 11 is 0. The fourth-order valence-electron chi connectivity index (χ4n) is 1.84. The zero-order valence-corrected chi connectivity index (χ0v) is 11.0.